The van der Waals surface area contributed by atoms with Gasteiger partial charge in [0.25, 0.3) is 5.91 Å². The lowest BCUT2D eigenvalue weighted by atomic mass is 10.1. The third-order valence-corrected chi connectivity index (χ3v) is 3.62. The molecule has 1 atom stereocenters. The minimum absolute atomic E-state index is 0.101. The number of amides is 1. The Hall–Kier alpha value is -2.28. The summed E-state index contributed by atoms with van der Waals surface area (Å²) in [5.41, 5.74) is 0.627. The summed E-state index contributed by atoms with van der Waals surface area (Å²) in [4.78, 5) is 18.0. The second-order valence-electron chi connectivity index (χ2n) is 5.06. The molecule has 1 fully saturated rings. The molecule has 0 radical (unpaired) electrons. The molecule has 0 unspecified atom stereocenters. The zero-order valence-corrected chi connectivity index (χ0v) is 11.7. The van der Waals surface area contributed by atoms with Crippen LogP contribution in [0.3, 0.4) is 0 Å². The predicted octanol–water partition coefficient (Wildman–Crippen LogP) is 0.840. The van der Waals surface area contributed by atoms with Crippen LogP contribution in [0.1, 0.15) is 17.3 Å². The molecule has 1 amide bonds. The van der Waals surface area contributed by atoms with Crippen LogP contribution in [-0.4, -0.2) is 51.2 Å². The first-order valence-electron chi connectivity index (χ1n) is 6.83. The molecule has 1 saturated heterocycles. The molecular formula is C14H16FN5O. The van der Waals surface area contributed by atoms with Crippen molar-refractivity contribution in [3.05, 3.63) is 42.2 Å². The van der Waals surface area contributed by atoms with Crippen molar-refractivity contribution in [3.8, 4) is 5.69 Å². The summed E-state index contributed by atoms with van der Waals surface area (Å²) in [5.74, 6) is -0.637. The Morgan fingerprint density at radius 2 is 2.33 bits per heavy atom. The first-order valence-corrected chi connectivity index (χ1v) is 6.83. The van der Waals surface area contributed by atoms with E-state index in [1.807, 2.05) is 6.92 Å². The number of rotatable bonds is 2. The number of benzene rings is 1. The quantitative estimate of drug-likeness (QED) is 0.890. The van der Waals surface area contributed by atoms with Gasteiger partial charge in [0.15, 0.2) is 0 Å². The minimum atomic E-state index is -0.492. The van der Waals surface area contributed by atoms with E-state index in [1.54, 1.807) is 17.0 Å². The molecule has 0 bridgehead atoms. The molecule has 6 nitrogen and oxygen atoms in total. The van der Waals surface area contributed by atoms with E-state index < -0.39 is 5.82 Å². The smallest absolute Gasteiger partial charge is 0.254 e. The summed E-state index contributed by atoms with van der Waals surface area (Å²) in [6.45, 7) is 4.12. The third kappa shape index (κ3) is 2.64. The average molecular weight is 289 g/mol. The van der Waals surface area contributed by atoms with E-state index in [-0.39, 0.29) is 17.6 Å². The summed E-state index contributed by atoms with van der Waals surface area (Å²) in [6, 6.07) is 4.53. The Morgan fingerprint density at radius 1 is 1.48 bits per heavy atom. The molecule has 21 heavy (non-hydrogen) atoms. The van der Waals surface area contributed by atoms with Gasteiger partial charge >= 0.3 is 0 Å². The van der Waals surface area contributed by atoms with Gasteiger partial charge in [0, 0.05) is 31.2 Å². The van der Waals surface area contributed by atoms with E-state index in [9.17, 15) is 9.18 Å². The molecule has 2 aromatic rings. The minimum Gasteiger partial charge on any atom is -0.333 e. The second-order valence-corrected chi connectivity index (χ2v) is 5.06. The standard InChI is InChI=1S/C14H16FN5O/c1-10-7-16-4-5-19(10)14(21)11-2-3-13(12(15)6-11)20-9-17-8-18-20/h2-3,6,8-10,16H,4-5,7H2,1H3/t10-/m1/s1. The highest BCUT2D eigenvalue weighted by Gasteiger charge is 2.24. The molecule has 1 aromatic carbocycles. The van der Waals surface area contributed by atoms with Gasteiger partial charge in [-0.25, -0.2) is 14.1 Å². The van der Waals surface area contributed by atoms with Crippen LogP contribution in [0.2, 0.25) is 0 Å². The Bertz CT molecular complexity index is 643. The number of hydrogen-bond donors (Lipinski definition) is 1. The van der Waals surface area contributed by atoms with Crippen molar-refractivity contribution in [2.45, 2.75) is 13.0 Å². The van der Waals surface area contributed by atoms with Gasteiger partial charge < -0.3 is 10.2 Å². The highest BCUT2D eigenvalue weighted by Crippen LogP contribution is 2.17. The van der Waals surface area contributed by atoms with Crippen LogP contribution in [0.25, 0.3) is 5.69 Å². The molecule has 1 N–H and O–H groups in total. The molecule has 2 heterocycles. The molecular weight excluding hydrogens is 273 g/mol. The maximum absolute atomic E-state index is 14.2. The maximum atomic E-state index is 14.2. The predicted molar refractivity (Wildman–Crippen MR) is 74.7 cm³/mol. The number of carbonyl (C=O) groups is 1. The van der Waals surface area contributed by atoms with Gasteiger partial charge in [-0.05, 0) is 25.1 Å². The van der Waals surface area contributed by atoms with Gasteiger partial charge in [-0.15, -0.1) is 0 Å². The highest BCUT2D eigenvalue weighted by molar-refractivity contribution is 5.94. The van der Waals surface area contributed by atoms with E-state index in [2.05, 4.69) is 15.4 Å². The number of carbonyl (C=O) groups excluding carboxylic acids is 1. The third-order valence-electron chi connectivity index (χ3n) is 3.62. The van der Waals surface area contributed by atoms with Crippen LogP contribution in [0, 0.1) is 5.82 Å². The number of nitrogens with zero attached hydrogens (tertiary/aromatic N) is 4. The van der Waals surface area contributed by atoms with Crippen molar-refractivity contribution < 1.29 is 9.18 Å². The fourth-order valence-electron chi connectivity index (χ4n) is 2.47. The first-order chi connectivity index (χ1) is 10.2. The van der Waals surface area contributed by atoms with Crippen molar-refractivity contribution in [3.63, 3.8) is 0 Å². The van der Waals surface area contributed by atoms with E-state index in [4.69, 9.17) is 0 Å². The Balaban J connectivity index is 1.86. The van der Waals surface area contributed by atoms with E-state index >= 15 is 0 Å². The molecule has 1 aliphatic rings. The molecule has 1 aromatic heterocycles. The van der Waals surface area contributed by atoms with Gasteiger partial charge in [0.2, 0.25) is 0 Å². The molecule has 3 rings (SSSR count). The zero-order valence-electron chi connectivity index (χ0n) is 11.7. The van der Waals surface area contributed by atoms with Crippen LogP contribution < -0.4 is 5.32 Å². The van der Waals surface area contributed by atoms with Gasteiger partial charge in [-0.2, -0.15) is 5.10 Å². The summed E-state index contributed by atoms with van der Waals surface area (Å²) in [6.07, 6.45) is 2.75. The Labute approximate surface area is 121 Å². The van der Waals surface area contributed by atoms with Crippen molar-refractivity contribution in [2.75, 3.05) is 19.6 Å². The largest absolute Gasteiger partial charge is 0.333 e. The maximum Gasteiger partial charge on any atom is 0.254 e. The van der Waals surface area contributed by atoms with Crippen LogP contribution in [0.5, 0.6) is 0 Å². The second kappa shape index (κ2) is 5.61. The van der Waals surface area contributed by atoms with Crippen molar-refractivity contribution in [1.29, 1.82) is 0 Å². The lowest BCUT2D eigenvalue weighted by molar-refractivity contribution is 0.0655. The molecule has 110 valence electrons. The molecule has 0 saturated carbocycles. The van der Waals surface area contributed by atoms with Crippen LogP contribution in [0.4, 0.5) is 4.39 Å². The van der Waals surface area contributed by atoms with Crippen molar-refractivity contribution in [2.24, 2.45) is 0 Å². The van der Waals surface area contributed by atoms with E-state index in [0.29, 0.717) is 12.1 Å². The molecule has 0 aliphatic carbocycles. The fourth-order valence-corrected chi connectivity index (χ4v) is 2.47. The van der Waals surface area contributed by atoms with Crippen LogP contribution in [-0.2, 0) is 0 Å². The molecule has 1 aliphatic heterocycles. The summed E-state index contributed by atoms with van der Waals surface area (Å²) in [7, 11) is 0. The first kappa shape index (κ1) is 13.7. The van der Waals surface area contributed by atoms with Gasteiger partial charge in [-0.1, -0.05) is 0 Å². The summed E-state index contributed by atoms with van der Waals surface area (Å²) >= 11 is 0. The van der Waals surface area contributed by atoms with Crippen LogP contribution >= 0.6 is 0 Å². The lowest BCUT2D eigenvalue weighted by Gasteiger charge is -2.34. The number of piperazine rings is 1. The zero-order chi connectivity index (χ0) is 14.8. The molecule has 0 spiro atoms. The van der Waals surface area contributed by atoms with Gasteiger partial charge in [0.1, 0.15) is 24.2 Å². The van der Waals surface area contributed by atoms with Crippen molar-refractivity contribution in [1.82, 2.24) is 25.0 Å². The number of halogens is 1. The summed E-state index contributed by atoms with van der Waals surface area (Å²) in [5, 5.41) is 7.11. The Kier molecular flexibility index (Phi) is 3.66. The monoisotopic (exact) mass is 289 g/mol. The topological polar surface area (TPSA) is 63.1 Å². The van der Waals surface area contributed by atoms with Crippen LogP contribution in [0.15, 0.2) is 30.9 Å². The number of nitrogens with one attached hydrogen (secondary N) is 1. The normalized spacial score (nSPS) is 18.8. The summed E-state index contributed by atoms with van der Waals surface area (Å²) < 4.78 is 15.5. The SMILES string of the molecule is C[C@@H]1CNCCN1C(=O)c1ccc(-n2cncn2)c(F)c1. The average Bonchev–Trinajstić information content (AvgIpc) is 3.01. The number of hydrogen-bond acceptors (Lipinski definition) is 4. The van der Waals surface area contributed by atoms with Crippen molar-refractivity contribution >= 4 is 5.91 Å². The lowest BCUT2D eigenvalue weighted by Crippen LogP contribution is -2.52. The fraction of sp³-hybridized carbons (Fsp3) is 0.357. The van der Waals surface area contributed by atoms with E-state index in [0.717, 1.165) is 13.1 Å². The Morgan fingerprint density at radius 3 is 3.00 bits per heavy atom. The van der Waals surface area contributed by atoms with Gasteiger partial charge in [0.05, 0.1) is 0 Å². The molecule has 7 heteroatoms. The highest BCUT2D eigenvalue weighted by atomic mass is 19.1. The van der Waals surface area contributed by atoms with Gasteiger partial charge in [-0.3, -0.25) is 4.79 Å². The van der Waals surface area contributed by atoms with E-state index in [1.165, 1.54) is 23.4 Å². The number of aromatic nitrogens is 3.